The number of fused-ring (bicyclic) bond motifs is 1. The van der Waals surface area contributed by atoms with Crippen molar-refractivity contribution in [2.24, 2.45) is 0 Å². The van der Waals surface area contributed by atoms with E-state index in [1.165, 1.54) is 12.0 Å². The fourth-order valence-electron chi connectivity index (χ4n) is 5.81. The number of aromatic nitrogens is 2. The monoisotopic (exact) mass is 577 g/mol. The van der Waals surface area contributed by atoms with Crippen molar-refractivity contribution in [2.45, 2.75) is 57.8 Å². The lowest BCUT2D eigenvalue weighted by Gasteiger charge is -2.32. The first-order valence-corrected chi connectivity index (χ1v) is 14.2. The van der Waals surface area contributed by atoms with Crippen LogP contribution in [0.5, 0.6) is 0 Å². The quantitative estimate of drug-likeness (QED) is 0.328. The summed E-state index contributed by atoms with van der Waals surface area (Å²) in [5.74, 6) is 1.11. The summed E-state index contributed by atoms with van der Waals surface area (Å²) in [6.45, 7) is 9.11. The Kier molecular flexibility index (Phi) is 7.84. The molecule has 1 fully saturated rings. The number of anilines is 3. The minimum absolute atomic E-state index is 0.0435. The van der Waals surface area contributed by atoms with Gasteiger partial charge in [0.25, 0.3) is 0 Å². The predicted octanol–water partition coefficient (Wildman–Crippen LogP) is 5.48. The standard InChI is InChI=1S/C30H36BrN5O2/c1-19-16-21(22-7-5-13-36(18-22)14-15-37)10-11-24(19)34-29-32-17-23(31)25(35-29)12-9-20-6-4-8-26-27(20)30(2,3)28(38)33-26/h4,6,8,10-11,16-17,22,37H,5,7,9,12-15,18H2,1-3H3,(H,33,38)(H,32,34,35). The topological polar surface area (TPSA) is 90.4 Å². The molecule has 1 unspecified atom stereocenters. The summed E-state index contributed by atoms with van der Waals surface area (Å²) >= 11 is 3.63. The second kappa shape index (κ2) is 11.1. The van der Waals surface area contributed by atoms with Gasteiger partial charge in [0, 0.05) is 30.7 Å². The maximum Gasteiger partial charge on any atom is 0.234 e. The summed E-state index contributed by atoms with van der Waals surface area (Å²) < 4.78 is 0.876. The maximum absolute atomic E-state index is 12.5. The lowest BCUT2D eigenvalue weighted by Crippen LogP contribution is -2.36. The summed E-state index contributed by atoms with van der Waals surface area (Å²) in [7, 11) is 0. The van der Waals surface area contributed by atoms with Crippen molar-refractivity contribution in [3.05, 3.63) is 75.0 Å². The van der Waals surface area contributed by atoms with Gasteiger partial charge in [-0.25, -0.2) is 9.97 Å². The number of benzene rings is 2. The average Bonchev–Trinajstić information content (AvgIpc) is 3.14. The van der Waals surface area contributed by atoms with Crippen molar-refractivity contribution in [2.75, 3.05) is 36.9 Å². The zero-order valence-electron chi connectivity index (χ0n) is 22.4. The van der Waals surface area contributed by atoms with Crippen LogP contribution in [0.2, 0.25) is 0 Å². The lowest BCUT2D eigenvalue weighted by molar-refractivity contribution is -0.119. The van der Waals surface area contributed by atoms with E-state index in [9.17, 15) is 9.90 Å². The second-order valence-electron chi connectivity index (χ2n) is 11.0. The summed E-state index contributed by atoms with van der Waals surface area (Å²) in [5, 5.41) is 15.7. The van der Waals surface area contributed by atoms with Crippen LogP contribution in [0.3, 0.4) is 0 Å². The van der Waals surface area contributed by atoms with Gasteiger partial charge in [-0.1, -0.05) is 24.3 Å². The van der Waals surface area contributed by atoms with Crippen molar-refractivity contribution >= 4 is 39.2 Å². The van der Waals surface area contributed by atoms with Gasteiger partial charge in [0.15, 0.2) is 0 Å². The van der Waals surface area contributed by atoms with E-state index in [-0.39, 0.29) is 12.5 Å². The van der Waals surface area contributed by atoms with Crippen LogP contribution in [0.4, 0.5) is 17.3 Å². The van der Waals surface area contributed by atoms with Crippen molar-refractivity contribution in [3.63, 3.8) is 0 Å². The molecule has 1 aromatic heterocycles. The molecule has 2 aromatic carbocycles. The molecular formula is C30H36BrN5O2. The molecule has 0 aliphatic carbocycles. The molecule has 7 nitrogen and oxygen atoms in total. The molecule has 0 bridgehead atoms. The van der Waals surface area contributed by atoms with Crippen LogP contribution in [0, 0.1) is 6.92 Å². The van der Waals surface area contributed by atoms with E-state index in [1.807, 2.05) is 26.0 Å². The molecule has 3 N–H and O–H groups in total. The highest BCUT2D eigenvalue weighted by atomic mass is 79.9. The number of hydrogen-bond acceptors (Lipinski definition) is 6. The van der Waals surface area contributed by atoms with Crippen LogP contribution >= 0.6 is 15.9 Å². The molecule has 0 saturated carbocycles. The van der Waals surface area contributed by atoms with Gasteiger partial charge in [-0.15, -0.1) is 0 Å². The number of aliphatic hydroxyl groups is 1. The molecule has 3 heterocycles. The molecular weight excluding hydrogens is 542 g/mol. The Morgan fingerprint density at radius 3 is 2.87 bits per heavy atom. The maximum atomic E-state index is 12.5. The first kappa shape index (κ1) is 26.8. The van der Waals surface area contributed by atoms with Crippen molar-refractivity contribution < 1.29 is 9.90 Å². The predicted molar refractivity (Wildman–Crippen MR) is 155 cm³/mol. The van der Waals surface area contributed by atoms with E-state index in [2.05, 4.69) is 67.6 Å². The average molecular weight is 579 g/mol. The Morgan fingerprint density at radius 1 is 1.24 bits per heavy atom. The van der Waals surface area contributed by atoms with Crippen LogP contribution < -0.4 is 10.6 Å². The Morgan fingerprint density at radius 2 is 2.08 bits per heavy atom. The molecule has 1 amide bonds. The molecule has 5 rings (SSSR count). The van der Waals surface area contributed by atoms with Crippen LogP contribution in [0.15, 0.2) is 47.1 Å². The largest absolute Gasteiger partial charge is 0.395 e. The SMILES string of the molecule is Cc1cc(C2CCCN(CCO)C2)ccc1Nc1ncc(Br)c(CCc2cccc3c2C(C)(C)C(=O)N3)n1. The van der Waals surface area contributed by atoms with Crippen LogP contribution in [-0.2, 0) is 23.1 Å². The molecule has 3 aromatic rings. The zero-order valence-corrected chi connectivity index (χ0v) is 23.9. The second-order valence-corrected chi connectivity index (χ2v) is 11.8. The Balaban J connectivity index is 1.29. The van der Waals surface area contributed by atoms with E-state index < -0.39 is 5.41 Å². The number of halogens is 1. The highest BCUT2D eigenvalue weighted by Crippen LogP contribution is 2.40. The molecule has 0 radical (unpaired) electrons. The van der Waals surface area contributed by atoms with Gasteiger partial charge in [0.2, 0.25) is 11.9 Å². The number of hydrogen-bond donors (Lipinski definition) is 3. The summed E-state index contributed by atoms with van der Waals surface area (Å²) in [6, 6.07) is 12.7. The van der Waals surface area contributed by atoms with E-state index in [1.54, 1.807) is 6.20 Å². The first-order chi connectivity index (χ1) is 18.3. The third kappa shape index (κ3) is 5.48. The highest BCUT2D eigenvalue weighted by Gasteiger charge is 2.39. The normalized spacial score (nSPS) is 18.8. The van der Waals surface area contributed by atoms with Gasteiger partial charge in [-0.05, 0) is 109 Å². The number of aliphatic hydroxyl groups excluding tert-OH is 1. The molecule has 1 atom stereocenters. The number of carbonyl (C=O) groups is 1. The minimum Gasteiger partial charge on any atom is -0.395 e. The summed E-state index contributed by atoms with van der Waals surface area (Å²) in [4.78, 5) is 24.2. The Hall–Kier alpha value is -2.81. The molecule has 200 valence electrons. The fraction of sp³-hybridized carbons (Fsp3) is 0.433. The zero-order chi connectivity index (χ0) is 26.9. The number of rotatable bonds is 8. The Labute approximate surface area is 233 Å². The number of carbonyl (C=O) groups excluding carboxylic acids is 1. The molecule has 38 heavy (non-hydrogen) atoms. The van der Waals surface area contributed by atoms with Gasteiger partial charge in [-0.3, -0.25) is 4.79 Å². The number of nitrogens with one attached hydrogen (secondary N) is 2. The van der Waals surface area contributed by atoms with Crippen LogP contribution in [0.25, 0.3) is 0 Å². The van der Waals surface area contributed by atoms with Gasteiger partial charge in [-0.2, -0.15) is 0 Å². The van der Waals surface area contributed by atoms with Crippen molar-refractivity contribution in [1.82, 2.24) is 14.9 Å². The van der Waals surface area contributed by atoms with E-state index in [0.717, 1.165) is 77.1 Å². The number of β-amino-alcohol motifs (C(OH)–C–C–N with tert-alkyl or cyclic N) is 1. The molecule has 0 spiro atoms. The van der Waals surface area contributed by atoms with Gasteiger partial charge >= 0.3 is 0 Å². The molecule has 8 heteroatoms. The van der Waals surface area contributed by atoms with E-state index >= 15 is 0 Å². The lowest BCUT2D eigenvalue weighted by atomic mass is 9.82. The van der Waals surface area contributed by atoms with E-state index in [0.29, 0.717) is 11.9 Å². The molecule has 1 saturated heterocycles. The van der Waals surface area contributed by atoms with Gasteiger partial charge < -0.3 is 20.6 Å². The highest BCUT2D eigenvalue weighted by molar-refractivity contribution is 9.10. The molecule has 2 aliphatic heterocycles. The Bertz CT molecular complexity index is 1340. The number of likely N-dealkylation sites (tertiary alicyclic amines) is 1. The van der Waals surface area contributed by atoms with Crippen LogP contribution in [0.1, 0.15) is 60.6 Å². The fourth-order valence-corrected chi connectivity index (χ4v) is 6.20. The number of aryl methyl sites for hydroxylation is 3. The minimum atomic E-state index is -0.542. The first-order valence-electron chi connectivity index (χ1n) is 13.4. The summed E-state index contributed by atoms with van der Waals surface area (Å²) in [5.41, 5.74) is 7.05. The third-order valence-electron chi connectivity index (χ3n) is 7.93. The van der Waals surface area contributed by atoms with Crippen molar-refractivity contribution in [1.29, 1.82) is 0 Å². The third-order valence-corrected chi connectivity index (χ3v) is 8.59. The number of amides is 1. The number of nitrogens with zero attached hydrogens (tertiary/aromatic N) is 3. The van der Waals surface area contributed by atoms with Gasteiger partial charge in [0.1, 0.15) is 0 Å². The van der Waals surface area contributed by atoms with Crippen LogP contribution in [-0.4, -0.2) is 52.1 Å². The van der Waals surface area contributed by atoms with Gasteiger partial charge in [0.05, 0.1) is 22.2 Å². The van der Waals surface area contributed by atoms with Crippen molar-refractivity contribution in [3.8, 4) is 0 Å². The number of piperidine rings is 1. The molecule has 2 aliphatic rings. The summed E-state index contributed by atoms with van der Waals surface area (Å²) in [6.07, 6.45) is 5.65. The smallest absolute Gasteiger partial charge is 0.234 e. The van der Waals surface area contributed by atoms with E-state index in [4.69, 9.17) is 4.98 Å².